The average molecular weight is 296 g/mol. The topological polar surface area (TPSA) is 49.2 Å². The summed E-state index contributed by atoms with van der Waals surface area (Å²) in [4.78, 5) is 9.14. The molecule has 6 heteroatoms. The minimum atomic E-state index is 0.245. The molecule has 0 N–H and O–H groups in total. The number of halogens is 1. The monoisotopic (exact) mass is 295 g/mol. The van der Waals surface area contributed by atoms with Gasteiger partial charge < -0.3 is 14.0 Å². The maximum absolute atomic E-state index is 5.88. The lowest BCUT2D eigenvalue weighted by molar-refractivity contribution is 0.0971. The molecule has 5 nitrogen and oxygen atoms in total. The molecular formula is C14H18ClN3O2. The predicted molar refractivity (Wildman–Crippen MR) is 77.5 cm³/mol. The highest BCUT2D eigenvalue weighted by atomic mass is 35.5. The van der Waals surface area contributed by atoms with E-state index in [4.69, 9.17) is 21.1 Å². The molecule has 1 atom stereocenters. The Morgan fingerprint density at radius 2 is 2.35 bits per heavy atom. The van der Waals surface area contributed by atoms with Crippen molar-refractivity contribution in [1.29, 1.82) is 0 Å². The van der Waals surface area contributed by atoms with E-state index in [1.807, 2.05) is 12.1 Å². The number of aromatic nitrogens is 3. The molecule has 1 aliphatic heterocycles. The van der Waals surface area contributed by atoms with Gasteiger partial charge in [-0.15, -0.1) is 11.6 Å². The van der Waals surface area contributed by atoms with Crippen molar-refractivity contribution in [1.82, 2.24) is 14.5 Å². The standard InChI is InChI=1S/C14H18ClN3O2/c1-19-13-5-4-11-14(17-13)18(12(16-11)6-7-15)9-10-3-2-8-20-10/h4-5,10H,2-3,6-9H2,1H3. The second-order valence-corrected chi connectivity index (χ2v) is 5.29. The maximum atomic E-state index is 5.88. The van der Waals surface area contributed by atoms with E-state index < -0.39 is 0 Å². The summed E-state index contributed by atoms with van der Waals surface area (Å²) in [5, 5.41) is 0. The van der Waals surface area contributed by atoms with Crippen molar-refractivity contribution in [2.75, 3.05) is 19.6 Å². The third kappa shape index (κ3) is 2.60. The molecule has 3 rings (SSSR count). The third-order valence-electron chi connectivity index (χ3n) is 3.58. The molecule has 0 saturated carbocycles. The number of imidazole rings is 1. The lowest BCUT2D eigenvalue weighted by atomic mass is 10.2. The zero-order valence-electron chi connectivity index (χ0n) is 11.5. The minimum absolute atomic E-state index is 0.245. The van der Waals surface area contributed by atoms with E-state index in [0.717, 1.165) is 49.4 Å². The van der Waals surface area contributed by atoms with Gasteiger partial charge in [0.1, 0.15) is 11.3 Å². The first-order valence-corrected chi connectivity index (χ1v) is 7.43. The third-order valence-corrected chi connectivity index (χ3v) is 3.77. The Bertz CT molecular complexity index is 593. The predicted octanol–water partition coefficient (Wildman–Crippen LogP) is 2.40. The van der Waals surface area contributed by atoms with Gasteiger partial charge in [-0.2, -0.15) is 4.98 Å². The normalized spacial score (nSPS) is 18.8. The van der Waals surface area contributed by atoms with E-state index >= 15 is 0 Å². The van der Waals surface area contributed by atoms with Gasteiger partial charge in [-0.3, -0.25) is 0 Å². The van der Waals surface area contributed by atoms with E-state index in [9.17, 15) is 0 Å². The van der Waals surface area contributed by atoms with Crippen LogP contribution in [0.4, 0.5) is 0 Å². The van der Waals surface area contributed by atoms with Crippen LogP contribution in [0.2, 0.25) is 0 Å². The maximum Gasteiger partial charge on any atom is 0.215 e. The van der Waals surface area contributed by atoms with Crippen LogP contribution in [0.1, 0.15) is 18.7 Å². The Morgan fingerprint density at radius 1 is 1.45 bits per heavy atom. The fraction of sp³-hybridized carbons (Fsp3) is 0.571. The molecule has 0 radical (unpaired) electrons. The van der Waals surface area contributed by atoms with E-state index in [1.54, 1.807) is 7.11 Å². The van der Waals surface area contributed by atoms with Crippen LogP contribution in [0.5, 0.6) is 5.88 Å². The summed E-state index contributed by atoms with van der Waals surface area (Å²) >= 11 is 5.88. The van der Waals surface area contributed by atoms with Gasteiger partial charge in [-0.25, -0.2) is 4.98 Å². The van der Waals surface area contributed by atoms with Gasteiger partial charge in [0.05, 0.1) is 19.8 Å². The molecule has 1 aliphatic rings. The Morgan fingerprint density at radius 3 is 3.05 bits per heavy atom. The number of pyridine rings is 1. The number of ether oxygens (including phenoxy) is 2. The van der Waals surface area contributed by atoms with Crippen molar-refractivity contribution in [3.8, 4) is 5.88 Å². The average Bonchev–Trinajstić information content (AvgIpc) is 3.08. The molecule has 1 unspecified atom stereocenters. The fourth-order valence-corrected chi connectivity index (χ4v) is 2.77. The number of aryl methyl sites for hydroxylation is 1. The number of nitrogens with zero attached hydrogens (tertiary/aromatic N) is 3. The van der Waals surface area contributed by atoms with Crippen molar-refractivity contribution in [2.45, 2.75) is 31.9 Å². The molecule has 0 spiro atoms. The molecule has 0 aromatic carbocycles. The number of hydrogen-bond donors (Lipinski definition) is 0. The van der Waals surface area contributed by atoms with E-state index in [0.29, 0.717) is 11.8 Å². The highest BCUT2D eigenvalue weighted by molar-refractivity contribution is 6.17. The Kier molecular flexibility index (Phi) is 4.08. The molecule has 20 heavy (non-hydrogen) atoms. The van der Waals surface area contributed by atoms with Crippen LogP contribution in [-0.2, 0) is 17.7 Å². The van der Waals surface area contributed by atoms with Crippen molar-refractivity contribution in [2.24, 2.45) is 0 Å². The second kappa shape index (κ2) is 5.97. The van der Waals surface area contributed by atoms with Gasteiger partial charge in [-0.05, 0) is 18.9 Å². The van der Waals surface area contributed by atoms with Crippen molar-refractivity contribution < 1.29 is 9.47 Å². The number of alkyl halides is 1. The van der Waals surface area contributed by atoms with Gasteiger partial charge in [0, 0.05) is 25.0 Å². The summed E-state index contributed by atoms with van der Waals surface area (Å²) in [7, 11) is 1.62. The zero-order chi connectivity index (χ0) is 13.9. The molecule has 1 fully saturated rings. The lowest BCUT2D eigenvalue weighted by Gasteiger charge is -2.13. The van der Waals surface area contributed by atoms with E-state index in [2.05, 4.69) is 14.5 Å². The van der Waals surface area contributed by atoms with Crippen molar-refractivity contribution >= 4 is 22.8 Å². The number of hydrogen-bond acceptors (Lipinski definition) is 4. The first-order chi connectivity index (χ1) is 9.81. The summed E-state index contributed by atoms with van der Waals surface area (Å²) in [6, 6.07) is 3.77. The quantitative estimate of drug-likeness (QED) is 0.795. The van der Waals surface area contributed by atoms with Crippen LogP contribution in [0.3, 0.4) is 0 Å². The summed E-state index contributed by atoms with van der Waals surface area (Å²) in [6.45, 7) is 1.63. The molecule has 108 valence electrons. The van der Waals surface area contributed by atoms with Crippen LogP contribution in [-0.4, -0.2) is 40.2 Å². The summed E-state index contributed by atoms with van der Waals surface area (Å²) in [6.07, 6.45) is 3.19. The summed E-state index contributed by atoms with van der Waals surface area (Å²) in [5.41, 5.74) is 1.73. The SMILES string of the molecule is COc1ccc2nc(CCCl)n(CC3CCCO3)c2n1. The van der Waals surface area contributed by atoms with Gasteiger partial charge in [-0.1, -0.05) is 0 Å². The smallest absolute Gasteiger partial charge is 0.215 e. The van der Waals surface area contributed by atoms with Crippen LogP contribution in [0.25, 0.3) is 11.2 Å². The Hall–Kier alpha value is -1.33. The van der Waals surface area contributed by atoms with Crippen LogP contribution in [0.15, 0.2) is 12.1 Å². The molecule has 0 aliphatic carbocycles. The minimum Gasteiger partial charge on any atom is -0.481 e. The van der Waals surface area contributed by atoms with E-state index in [-0.39, 0.29) is 6.10 Å². The van der Waals surface area contributed by atoms with Crippen LogP contribution >= 0.6 is 11.6 Å². The van der Waals surface area contributed by atoms with Crippen LogP contribution < -0.4 is 4.74 Å². The molecular weight excluding hydrogens is 278 g/mol. The lowest BCUT2D eigenvalue weighted by Crippen LogP contribution is -2.17. The van der Waals surface area contributed by atoms with Crippen molar-refractivity contribution in [3.05, 3.63) is 18.0 Å². The van der Waals surface area contributed by atoms with Gasteiger partial charge >= 0.3 is 0 Å². The number of fused-ring (bicyclic) bond motifs is 1. The van der Waals surface area contributed by atoms with Gasteiger partial charge in [0.2, 0.25) is 5.88 Å². The van der Waals surface area contributed by atoms with Crippen molar-refractivity contribution in [3.63, 3.8) is 0 Å². The molecule has 0 bridgehead atoms. The molecule has 2 aromatic heterocycles. The highest BCUT2D eigenvalue weighted by Gasteiger charge is 2.20. The Labute approximate surface area is 122 Å². The Balaban J connectivity index is 2.01. The zero-order valence-corrected chi connectivity index (χ0v) is 12.3. The van der Waals surface area contributed by atoms with E-state index in [1.165, 1.54) is 0 Å². The first-order valence-electron chi connectivity index (χ1n) is 6.89. The van der Waals surface area contributed by atoms with Gasteiger partial charge in [0.25, 0.3) is 0 Å². The second-order valence-electron chi connectivity index (χ2n) is 4.91. The number of rotatable bonds is 5. The largest absolute Gasteiger partial charge is 0.481 e. The summed E-state index contributed by atoms with van der Waals surface area (Å²) < 4.78 is 13.1. The first kappa shape index (κ1) is 13.6. The number of methoxy groups -OCH3 is 1. The fourth-order valence-electron chi connectivity index (χ4n) is 2.60. The highest BCUT2D eigenvalue weighted by Crippen LogP contribution is 2.22. The summed E-state index contributed by atoms with van der Waals surface area (Å²) in [5.74, 6) is 2.11. The molecule has 1 saturated heterocycles. The van der Waals surface area contributed by atoms with Crippen LogP contribution in [0, 0.1) is 0 Å². The van der Waals surface area contributed by atoms with Gasteiger partial charge in [0.15, 0.2) is 5.65 Å². The molecule has 3 heterocycles. The molecule has 0 amide bonds. The molecule has 2 aromatic rings.